The zero-order valence-electron chi connectivity index (χ0n) is 12.5. The molecule has 0 aliphatic carbocycles. The van der Waals surface area contributed by atoms with Crippen molar-refractivity contribution in [3.8, 4) is 0 Å². The highest BCUT2D eigenvalue weighted by molar-refractivity contribution is 7.86. The van der Waals surface area contributed by atoms with E-state index in [1.54, 1.807) is 11.8 Å². The Morgan fingerprint density at radius 2 is 1.86 bits per heavy atom. The van der Waals surface area contributed by atoms with Gasteiger partial charge in [0.15, 0.2) is 0 Å². The third kappa shape index (κ3) is 4.94. The first-order valence-corrected chi connectivity index (χ1v) is 8.39. The lowest BCUT2D eigenvalue weighted by molar-refractivity contribution is -0.137. The van der Waals surface area contributed by atoms with Gasteiger partial charge in [-0.25, -0.2) is 0 Å². The highest BCUT2D eigenvalue weighted by Gasteiger charge is 2.29. The van der Waals surface area contributed by atoms with Crippen LogP contribution in [-0.4, -0.2) is 78.7 Å². The van der Waals surface area contributed by atoms with E-state index in [4.69, 9.17) is 5.11 Å². The molecular weight excluding hydrogens is 298 g/mol. The maximum atomic E-state index is 12.4. The average Bonchev–Trinajstić information content (AvgIpc) is 2.69. The van der Waals surface area contributed by atoms with Crippen LogP contribution in [0.5, 0.6) is 0 Å². The third-order valence-electron chi connectivity index (χ3n) is 3.47. The van der Waals surface area contributed by atoms with E-state index in [0.717, 1.165) is 4.31 Å². The maximum absolute atomic E-state index is 12.4. The molecule has 1 N–H and O–H groups in total. The third-order valence-corrected chi connectivity index (χ3v) is 5.46. The molecule has 0 aromatic carbocycles. The molecule has 0 spiro atoms. The van der Waals surface area contributed by atoms with Crippen LogP contribution in [0.4, 0.5) is 0 Å². The molecule has 9 heteroatoms. The fourth-order valence-corrected chi connectivity index (χ4v) is 3.55. The molecule has 1 amide bonds. The van der Waals surface area contributed by atoms with Crippen LogP contribution in [0.25, 0.3) is 0 Å². The number of aliphatic carboxylic acids is 1. The van der Waals surface area contributed by atoms with Crippen LogP contribution < -0.4 is 0 Å². The van der Waals surface area contributed by atoms with Gasteiger partial charge in [0.05, 0.1) is 6.42 Å². The predicted molar refractivity (Wildman–Crippen MR) is 76.9 cm³/mol. The molecule has 0 aromatic rings. The summed E-state index contributed by atoms with van der Waals surface area (Å²) in [5.41, 5.74) is 0. The molecule has 8 nitrogen and oxygen atoms in total. The second-order valence-electron chi connectivity index (χ2n) is 4.96. The second kappa shape index (κ2) is 7.71. The number of carboxylic acids is 1. The van der Waals surface area contributed by atoms with Crippen molar-refractivity contribution in [2.24, 2.45) is 0 Å². The molecule has 1 heterocycles. The molecule has 0 unspecified atom stereocenters. The smallest absolute Gasteiger partial charge is 0.304 e. The van der Waals surface area contributed by atoms with Crippen LogP contribution in [0.1, 0.15) is 26.2 Å². The zero-order valence-corrected chi connectivity index (χ0v) is 13.3. The monoisotopic (exact) mass is 321 g/mol. The number of carboxylic acid groups (broad SMARTS) is 1. The summed E-state index contributed by atoms with van der Waals surface area (Å²) in [6, 6.07) is 0. The van der Waals surface area contributed by atoms with Gasteiger partial charge in [-0.3, -0.25) is 9.59 Å². The van der Waals surface area contributed by atoms with Crippen LogP contribution in [0.3, 0.4) is 0 Å². The lowest BCUT2D eigenvalue weighted by atomic mass is 10.3. The van der Waals surface area contributed by atoms with Gasteiger partial charge in [-0.1, -0.05) is 6.92 Å². The van der Waals surface area contributed by atoms with Gasteiger partial charge in [-0.2, -0.15) is 17.0 Å². The summed E-state index contributed by atoms with van der Waals surface area (Å²) in [5.74, 6) is -1.01. The first-order valence-electron chi connectivity index (χ1n) is 7.00. The molecule has 1 saturated heterocycles. The quantitative estimate of drug-likeness (QED) is 0.716. The van der Waals surface area contributed by atoms with E-state index < -0.39 is 16.2 Å². The van der Waals surface area contributed by atoms with Gasteiger partial charge in [-0.15, -0.1) is 0 Å². The summed E-state index contributed by atoms with van der Waals surface area (Å²) in [4.78, 5) is 23.9. The minimum Gasteiger partial charge on any atom is -0.481 e. The zero-order chi connectivity index (χ0) is 16.0. The number of hydrogen-bond acceptors (Lipinski definition) is 4. The molecule has 21 heavy (non-hydrogen) atoms. The van der Waals surface area contributed by atoms with Gasteiger partial charge in [-0.05, 0) is 6.42 Å². The van der Waals surface area contributed by atoms with Crippen molar-refractivity contribution in [3.63, 3.8) is 0 Å². The number of rotatable bonds is 6. The topological polar surface area (TPSA) is 98.2 Å². The van der Waals surface area contributed by atoms with Crippen molar-refractivity contribution >= 4 is 22.1 Å². The molecular formula is C12H23N3O5S. The summed E-state index contributed by atoms with van der Waals surface area (Å²) in [7, 11) is -2.30. The Hall–Kier alpha value is -1.19. The number of carbonyl (C=O) groups is 2. The largest absolute Gasteiger partial charge is 0.481 e. The van der Waals surface area contributed by atoms with Crippen molar-refractivity contribution in [1.29, 1.82) is 0 Å². The van der Waals surface area contributed by atoms with Crippen LogP contribution in [0.15, 0.2) is 0 Å². The molecule has 1 rings (SSSR count). The standard InChI is InChI=1S/C12H23N3O5S/c1-3-11(16)14-6-4-7-15(10-9-14)21(19,20)13(2)8-5-12(17)18/h3-10H2,1-2H3,(H,17,18). The van der Waals surface area contributed by atoms with E-state index in [1.807, 2.05) is 0 Å². The number of amides is 1. The van der Waals surface area contributed by atoms with Crippen molar-refractivity contribution in [1.82, 2.24) is 13.5 Å². The molecule has 0 aromatic heterocycles. The second-order valence-corrected chi connectivity index (χ2v) is 7.00. The molecule has 1 fully saturated rings. The average molecular weight is 321 g/mol. The summed E-state index contributed by atoms with van der Waals surface area (Å²) >= 11 is 0. The molecule has 0 atom stereocenters. The predicted octanol–water partition coefficient (Wildman–Crippen LogP) is -0.418. The molecule has 1 aliphatic rings. The lowest BCUT2D eigenvalue weighted by Gasteiger charge is -2.26. The Morgan fingerprint density at radius 3 is 2.43 bits per heavy atom. The highest BCUT2D eigenvalue weighted by Crippen LogP contribution is 2.12. The van der Waals surface area contributed by atoms with E-state index >= 15 is 0 Å². The Balaban J connectivity index is 2.67. The van der Waals surface area contributed by atoms with Crippen LogP contribution in [0.2, 0.25) is 0 Å². The van der Waals surface area contributed by atoms with E-state index in [2.05, 4.69) is 0 Å². The van der Waals surface area contributed by atoms with E-state index in [1.165, 1.54) is 11.4 Å². The first kappa shape index (κ1) is 17.9. The van der Waals surface area contributed by atoms with Gasteiger partial charge in [0.2, 0.25) is 5.91 Å². The summed E-state index contributed by atoms with van der Waals surface area (Å²) in [6.45, 7) is 3.22. The first-order chi connectivity index (χ1) is 9.78. The summed E-state index contributed by atoms with van der Waals surface area (Å²) < 4.78 is 27.1. The normalized spacial score (nSPS) is 17.8. The minimum atomic E-state index is -3.67. The van der Waals surface area contributed by atoms with E-state index in [-0.39, 0.29) is 25.4 Å². The molecule has 1 aliphatic heterocycles. The Morgan fingerprint density at radius 1 is 1.19 bits per heavy atom. The van der Waals surface area contributed by atoms with Gasteiger partial charge >= 0.3 is 5.97 Å². The van der Waals surface area contributed by atoms with Crippen LogP contribution in [0, 0.1) is 0 Å². The Bertz CT molecular complexity index is 479. The molecule has 122 valence electrons. The highest BCUT2D eigenvalue weighted by atomic mass is 32.2. The molecule has 0 radical (unpaired) electrons. The Labute approximate surface area is 125 Å². The van der Waals surface area contributed by atoms with Gasteiger partial charge in [0.1, 0.15) is 0 Å². The van der Waals surface area contributed by atoms with Crippen molar-refractivity contribution in [2.45, 2.75) is 26.2 Å². The van der Waals surface area contributed by atoms with Crippen molar-refractivity contribution in [2.75, 3.05) is 39.8 Å². The number of hydrogen-bond donors (Lipinski definition) is 1. The molecule has 0 saturated carbocycles. The van der Waals surface area contributed by atoms with E-state index in [9.17, 15) is 18.0 Å². The van der Waals surface area contributed by atoms with Crippen LogP contribution in [-0.2, 0) is 19.8 Å². The van der Waals surface area contributed by atoms with Gasteiger partial charge in [0.25, 0.3) is 10.2 Å². The maximum Gasteiger partial charge on any atom is 0.304 e. The SMILES string of the molecule is CCC(=O)N1CCCN(S(=O)(=O)N(C)CCC(=O)O)CC1. The van der Waals surface area contributed by atoms with Crippen molar-refractivity contribution < 1.29 is 23.1 Å². The molecule has 0 bridgehead atoms. The van der Waals surface area contributed by atoms with Gasteiger partial charge in [0, 0.05) is 46.2 Å². The fourth-order valence-electron chi connectivity index (χ4n) is 2.16. The summed E-state index contributed by atoms with van der Waals surface area (Å²) in [6.07, 6.45) is 0.757. The van der Waals surface area contributed by atoms with Crippen molar-refractivity contribution in [3.05, 3.63) is 0 Å². The Kier molecular flexibility index (Phi) is 6.56. The number of carbonyl (C=O) groups excluding carboxylic acids is 1. The van der Waals surface area contributed by atoms with Crippen LogP contribution >= 0.6 is 0 Å². The number of nitrogens with zero attached hydrogens (tertiary/aromatic N) is 3. The lowest BCUT2D eigenvalue weighted by Crippen LogP contribution is -2.44. The summed E-state index contributed by atoms with van der Waals surface area (Å²) in [5, 5.41) is 8.63. The van der Waals surface area contributed by atoms with E-state index in [0.29, 0.717) is 32.5 Å². The fraction of sp³-hybridized carbons (Fsp3) is 0.833. The minimum absolute atomic E-state index is 0.0217. The van der Waals surface area contributed by atoms with Gasteiger partial charge < -0.3 is 10.0 Å².